The summed E-state index contributed by atoms with van der Waals surface area (Å²) in [6, 6.07) is 3.54. The molecule has 1 spiro atoms. The van der Waals surface area contributed by atoms with Crippen molar-refractivity contribution < 1.29 is 19.5 Å². The molecule has 0 bridgehead atoms. The van der Waals surface area contributed by atoms with Crippen molar-refractivity contribution in [2.75, 3.05) is 6.61 Å². The Kier molecular flexibility index (Phi) is 6.81. The summed E-state index contributed by atoms with van der Waals surface area (Å²) in [6.07, 6.45) is 2.67. The molecule has 5 N–H and O–H groups in total. The molecule has 2 heterocycles. The van der Waals surface area contributed by atoms with Crippen molar-refractivity contribution in [3.63, 3.8) is 0 Å². The highest BCUT2D eigenvalue weighted by molar-refractivity contribution is 7.80. The second kappa shape index (κ2) is 8.56. The van der Waals surface area contributed by atoms with E-state index in [1.165, 1.54) is 0 Å². The van der Waals surface area contributed by atoms with Gasteiger partial charge in [-0.15, -0.1) is 5.06 Å². The Morgan fingerprint density at radius 3 is 2.64 bits per heavy atom. The smallest absolute Gasteiger partial charge is 0.292 e. The molecule has 1 saturated carbocycles. The molecular formula is C18H29N5O4S. The average molecular weight is 412 g/mol. The summed E-state index contributed by atoms with van der Waals surface area (Å²) in [6.45, 7) is 7.31. The highest BCUT2D eigenvalue weighted by atomic mass is 32.1. The zero-order valence-electron chi connectivity index (χ0n) is 16.7. The first-order chi connectivity index (χ1) is 13.1. The van der Waals surface area contributed by atoms with Crippen molar-refractivity contribution in [2.45, 2.75) is 64.6 Å². The lowest BCUT2D eigenvalue weighted by molar-refractivity contribution is -0.568. The molecule has 1 aromatic rings. The van der Waals surface area contributed by atoms with Crippen LogP contribution >= 0.6 is 12.2 Å². The monoisotopic (exact) mass is 411 g/mol. The Morgan fingerprint density at radius 2 is 2.11 bits per heavy atom. The van der Waals surface area contributed by atoms with Crippen LogP contribution in [0.2, 0.25) is 0 Å². The van der Waals surface area contributed by atoms with Gasteiger partial charge in [-0.25, -0.2) is 0 Å². The number of aliphatic hydroxyl groups excluding tert-OH is 1. The maximum Gasteiger partial charge on any atom is 0.292 e. The molecule has 1 fully saturated rings. The van der Waals surface area contributed by atoms with Crippen LogP contribution in [0.3, 0.4) is 0 Å². The topological polar surface area (TPSA) is 133 Å². The fourth-order valence-corrected chi connectivity index (χ4v) is 3.81. The van der Waals surface area contributed by atoms with Gasteiger partial charge in [0, 0.05) is 13.0 Å². The number of aliphatic hydroxyl groups is 1. The van der Waals surface area contributed by atoms with Crippen LogP contribution in [0.1, 0.15) is 58.0 Å². The van der Waals surface area contributed by atoms with Gasteiger partial charge in [-0.1, -0.05) is 0 Å². The molecule has 1 aromatic heterocycles. The fraction of sp³-hybridized carbons (Fsp3) is 0.611. The summed E-state index contributed by atoms with van der Waals surface area (Å²) in [5.74, 6) is 1.14. The first-order valence-corrected chi connectivity index (χ1v) is 9.67. The summed E-state index contributed by atoms with van der Waals surface area (Å²) >= 11 is 4.81. The number of nitrogens with zero attached hydrogens (tertiary/aromatic N) is 3. The summed E-state index contributed by atoms with van der Waals surface area (Å²) in [5.41, 5.74) is 6.65. The summed E-state index contributed by atoms with van der Waals surface area (Å²) in [7, 11) is 0. The number of aryl methyl sites for hydroxylation is 1. The maximum atomic E-state index is 13.4. The van der Waals surface area contributed by atoms with Crippen LogP contribution in [0.25, 0.3) is 0 Å². The highest BCUT2D eigenvalue weighted by Gasteiger charge is 2.66. The van der Waals surface area contributed by atoms with E-state index in [-0.39, 0.29) is 11.7 Å². The van der Waals surface area contributed by atoms with Crippen LogP contribution in [-0.2, 0) is 0 Å². The van der Waals surface area contributed by atoms with Crippen LogP contribution in [0.5, 0.6) is 0 Å². The molecule has 1 aliphatic heterocycles. The number of furan rings is 1. The second-order valence-electron chi connectivity index (χ2n) is 7.30. The van der Waals surface area contributed by atoms with Gasteiger partial charge in [-0.3, -0.25) is 5.43 Å². The van der Waals surface area contributed by atoms with Gasteiger partial charge in [0.1, 0.15) is 17.0 Å². The summed E-state index contributed by atoms with van der Waals surface area (Å²) < 4.78 is 6.51. The number of hydrogen-bond donors (Lipinski definition) is 4. The van der Waals surface area contributed by atoms with Gasteiger partial charge in [-0.2, -0.15) is 9.84 Å². The lowest BCUT2D eigenvalue weighted by Gasteiger charge is -2.38. The Bertz CT molecular complexity index is 789. The Balaban J connectivity index is 0.000000878. The molecule has 0 amide bonds. The molecule has 0 saturated heterocycles. The minimum absolute atomic E-state index is 0.0123. The molecule has 28 heavy (non-hydrogen) atoms. The second-order valence-corrected chi connectivity index (χ2v) is 7.74. The van der Waals surface area contributed by atoms with Gasteiger partial charge < -0.3 is 25.7 Å². The summed E-state index contributed by atoms with van der Waals surface area (Å²) in [4.78, 5) is 0. The number of hydroxylamine groups is 3. The van der Waals surface area contributed by atoms with Crippen LogP contribution < -0.4 is 11.2 Å². The van der Waals surface area contributed by atoms with Crippen molar-refractivity contribution >= 4 is 28.8 Å². The molecule has 1 atom stereocenters. The molecule has 1 aliphatic carbocycles. The van der Waals surface area contributed by atoms with E-state index in [1.54, 1.807) is 32.9 Å². The molecule has 9 nitrogen and oxygen atoms in total. The van der Waals surface area contributed by atoms with E-state index in [1.807, 2.05) is 6.92 Å². The van der Waals surface area contributed by atoms with Gasteiger partial charge in [0.2, 0.25) is 0 Å². The van der Waals surface area contributed by atoms with E-state index in [4.69, 9.17) is 27.5 Å². The van der Waals surface area contributed by atoms with E-state index in [9.17, 15) is 10.4 Å². The zero-order chi connectivity index (χ0) is 21.1. The van der Waals surface area contributed by atoms with E-state index in [0.717, 1.165) is 22.6 Å². The fourth-order valence-electron chi connectivity index (χ4n) is 3.77. The van der Waals surface area contributed by atoms with Crippen LogP contribution in [0.4, 0.5) is 0 Å². The van der Waals surface area contributed by atoms with Crippen LogP contribution in [0.15, 0.2) is 21.7 Å². The standard InChI is InChI=1S/C16H23N5O3S.C2H6O/c1-10-7-8-11(24-10)13-15(2,3)21(23)16(20(13)22)9-5-4-6-12(16)18-19-14(17)25;1-2-3/h7-8,23H,4-6,9H2,1-3H3,(H3,17,19,25);3H,2H2,1H3. The van der Waals surface area contributed by atoms with Crippen molar-refractivity contribution in [1.29, 1.82) is 0 Å². The van der Waals surface area contributed by atoms with E-state index >= 15 is 0 Å². The molecule has 2 aliphatic rings. The quantitative estimate of drug-likeness (QED) is 0.251. The Morgan fingerprint density at radius 1 is 1.46 bits per heavy atom. The summed E-state index contributed by atoms with van der Waals surface area (Å²) in [5, 5.41) is 37.4. The first-order valence-electron chi connectivity index (χ1n) is 9.27. The molecule has 10 heteroatoms. The zero-order valence-corrected chi connectivity index (χ0v) is 17.5. The number of nitrogens with one attached hydrogen (secondary N) is 1. The number of nitrogens with two attached hydrogens (primary N) is 1. The van der Waals surface area contributed by atoms with Crippen molar-refractivity contribution in [1.82, 2.24) is 10.5 Å². The van der Waals surface area contributed by atoms with Crippen LogP contribution in [-0.4, -0.2) is 54.5 Å². The van der Waals surface area contributed by atoms with Gasteiger partial charge in [0.05, 0.1) is 0 Å². The number of thiocarbonyl (C=S) groups is 1. The third-order valence-corrected chi connectivity index (χ3v) is 5.02. The first kappa shape index (κ1) is 22.3. The minimum Gasteiger partial charge on any atom is -0.622 e. The molecule has 0 aromatic carbocycles. The Labute approximate surface area is 170 Å². The van der Waals surface area contributed by atoms with Gasteiger partial charge in [0.15, 0.2) is 10.9 Å². The highest BCUT2D eigenvalue weighted by Crippen LogP contribution is 2.42. The molecule has 156 valence electrons. The normalized spacial score (nSPS) is 25.7. The lowest BCUT2D eigenvalue weighted by atomic mass is 9.86. The number of hydrogen-bond acceptors (Lipinski definition) is 7. The molecule has 0 radical (unpaired) electrons. The predicted molar refractivity (Wildman–Crippen MR) is 110 cm³/mol. The van der Waals surface area contributed by atoms with Gasteiger partial charge >= 0.3 is 0 Å². The van der Waals surface area contributed by atoms with Crippen molar-refractivity contribution in [3.8, 4) is 0 Å². The van der Waals surface area contributed by atoms with Gasteiger partial charge in [-0.05, 0) is 71.3 Å². The third-order valence-electron chi connectivity index (χ3n) is 4.92. The van der Waals surface area contributed by atoms with E-state index < -0.39 is 11.2 Å². The molecule has 1 unspecified atom stereocenters. The number of rotatable bonds is 2. The minimum atomic E-state index is -1.30. The third kappa shape index (κ3) is 3.77. The largest absolute Gasteiger partial charge is 0.622 e. The SMILES string of the molecule is CCO.Cc1ccc(C2=[N+]([O-])C3(CCCCC3=NNC(N)=S)N(O)C2(C)C)o1. The lowest BCUT2D eigenvalue weighted by Crippen LogP contribution is -2.61. The molecular weight excluding hydrogens is 382 g/mol. The Hall–Kier alpha value is -2.01. The average Bonchev–Trinajstić information content (AvgIpc) is 3.10. The molecule has 3 rings (SSSR count). The van der Waals surface area contributed by atoms with Crippen LogP contribution in [0, 0.1) is 12.1 Å². The van der Waals surface area contributed by atoms with E-state index in [0.29, 0.717) is 35.8 Å². The van der Waals surface area contributed by atoms with Crippen molar-refractivity contribution in [2.24, 2.45) is 10.8 Å². The maximum absolute atomic E-state index is 13.4. The van der Waals surface area contributed by atoms with Crippen molar-refractivity contribution in [3.05, 3.63) is 28.9 Å². The van der Waals surface area contributed by atoms with Gasteiger partial charge in [0.25, 0.3) is 11.4 Å². The number of hydrazone groups is 1. The predicted octanol–water partition coefficient (Wildman–Crippen LogP) is 1.83. The van der Waals surface area contributed by atoms with E-state index in [2.05, 4.69) is 10.5 Å².